The lowest BCUT2D eigenvalue weighted by molar-refractivity contribution is 0.598. The molecule has 0 bridgehead atoms. The Hall–Kier alpha value is -5.10. The first-order valence-corrected chi connectivity index (χ1v) is 15.5. The average molecular weight is 554 g/mol. The van der Waals surface area contributed by atoms with E-state index in [0.29, 0.717) is 0 Å². The SMILES string of the molecule is O=[P+](c1ccc(-c2c3ccccc3cc3ccccc23)cc1)c1ccc(-c2c3ccccc3cc3ccccc23)cc1. The van der Waals surface area contributed by atoms with Gasteiger partial charge in [-0.15, -0.1) is 0 Å². The van der Waals surface area contributed by atoms with Crippen LogP contribution in [0.4, 0.5) is 0 Å². The Bertz CT molecular complexity index is 2030. The quantitative estimate of drug-likeness (QED) is 0.157. The van der Waals surface area contributed by atoms with E-state index in [4.69, 9.17) is 0 Å². The number of fused-ring (bicyclic) bond motifs is 4. The zero-order valence-electron chi connectivity index (χ0n) is 22.9. The summed E-state index contributed by atoms with van der Waals surface area (Å²) in [5.74, 6) is 0. The van der Waals surface area contributed by atoms with Crippen LogP contribution in [0.3, 0.4) is 0 Å². The van der Waals surface area contributed by atoms with Gasteiger partial charge in [0.15, 0.2) is 10.6 Å². The van der Waals surface area contributed by atoms with Crippen molar-refractivity contribution in [1.82, 2.24) is 0 Å². The number of hydrogen-bond donors (Lipinski definition) is 0. The molecule has 0 atom stereocenters. The topological polar surface area (TPSA) is 17.1 Å². The van der Waals surface area contributed by atoms with Crippen molar-refractivity contribution < 1.29 is 4.57 Å². The van der Waals surface area contributed by atoms with E-state index in [0.717, 1.165) is 21.7 Å². The van der Waals surface area contributed by atoms with E-state index in [-0.39, 0.29) is 0 Å². The highest BCUT2D eigenvalue weighted by atomic mass is 31.1. The predicted octanol–water partition coefficient (Wildman–Crippen LogP) is 10.4. The van der Waals surface area contributed by atoms with E-state index in [9.17, 15) is 4.57 Å². The molecule has 0 heterocycles. The molecule has 0 saturated heterocycles. The molecule has 0 aliphatic rings. The van der Waals surface area contributed by atoms with E-state index in [1.807, 2.05) is 24.3 Å². The Kier molecular flexibility index (Phi) is 5.92. The molecule has 8 aromatic rings. The van der Waals surface area contributed by atoms with Gasteiger partial charge in [-0.1, -0.05) is 102 Å². The lowest BCUT2D eigenvalue weighted by Crippen LogP contribution is -2.06. The summed E-state index contributed by atoms with van der Waals surface area (Å²) in [6, 6.07) is 55.2. The summed E-state index contributed by atoms with van der Waals surface area (Å²) in [7, 11) is -1.72. The third-order valence-corrected chi connectivity index (χ3v) is 9.86. The van der Waals surface area contributed by atoms with E-state index in [1.54, 1.807) is 0 Å². The molecule has 0 spiro atoms. The molecule has 0 fully saturated rings. The van der Waals surface area contributed by atoms with Crippen LogP contribution in [0.25, 0.3) is 65.3 Å². The van der Waals surface area contributed by atoms with Crippen LogP contribution in [0, 0.1) is 0 Å². The number of benzene rings is 8. The van der Waals surface area contributed by atoms with E-state index < -0.39 is 7.80 Å². The largest absolute Gasteiger partial charge is 0.415 e. The molecule has 1 nitrogen and oxygen atoms in total. The smallest absolute Gasteiger partial charge is 0.0616 e. The monoisotopic (exact) mass is 553 g/mol. The van der Waals surface area contributed by atoms with Crippen molar-refractivity contribution in [2.45, 2.75) is 0 Å². The summed E-state index contributed by atoms with van der Waals surface area (Å²) in [5.41, 5.74) is 4.70. The zero-order valence-corrected chi connectivity index (χ0v) is 23.8. The van der Waals surface area contributed by atoms with Crippen molar-refractivity contribution in [3.8, 4) is 22.3 Å². The molecule has 8 aromatic carbocycles. The van der Waals surface area contributed by atoms with Crippen LogP contribution in [0.15, 0.2) is 158 Å². The molecule has 2 heteroatoms. The molecule has 42 heavy (non-hydrogen) atoms. The lowest BCUT2D eigenvalue weighted by Gasteiger charge is -2.12. The van der Waals surface area contributed by atoms with Crippen LogP contribution in [0.2, 0.25) is 0 Å². The summed E-state index contributed by atoms with van der Waals surface area (Å²) in [5, 5.41) is 11.5. The molecule has 0 saturated carbocycles. The van der Waals surface area contributed by atoms with Crippen LogP contribution in [-0.4, -0.2) is 0 Å². The van der Waals surface area contributed by atoms with Crippen molar-refractivity contribution in [2.75, 3.05) is 0 Å². The minimum absolute atomic E-state index is 0.835. The first-order valence-electron chi connectivity index (χ1n) is 14.2. The maximum absolute atomic E-state index is 13.7. The summed E-state index contributed by atoms with van der Waals surface area (Å²) in [4.78, 5) is 0. The fraction of sp³-hybridized carbons (Fsp3) is 0. The van der Waals surface area contributed by atoms with Gasteiger partial charge in [-0.2, -0.15) is 0 Å². The fourth-order valence-electron chi connectivity index (χ4n) is 6.33. The van der Waals surface area contributed by atoms with E-state index in [1.165, 1.54) is 54.2 Å². The third-order valence-electron chi connectivity index (χ3n) is 8.32. The maximum Gasteiger partial charge on any atom is 0.415 e. The second-order valence-corrected chi connectivity index (χ2v) is 12.4. The summed E-state index contributed by atoms with van der Waals surface area (Å²) >= 11 is 0. The Morgan fingerprint density at radius 1 is 0.333 bits per heavy atom. The van der Waals surface area contributed by atoms with Crippen LogP contribution in [0.1, 0.15) is 0 Å². The first kappa shape index (κ1) is 24.7. The normalized spacial score (nSPS) is 11.4. The van der Waals surface area contributed by atoms with Crippen LogP contribution < -0.4 is 10.6 Å². The standard InChI is InChI=1S/C40H26OP/c41-42(33-21-17-27(18-22-33)39-35-13-5-1-9-29(35)25-30-10-2-6-14-36(30)39)34-23-19-28(20-24-34)40-37-15-7-3-11-31(37)26-32-12-4-8-16-38(32)40/h1-26H/q+1. The second-order valence-electron chi connectivity index (χ2n) is 10.8. The average Bonchev–Trinajstić information content (AvgIpc) is 3.06. The van der Waals surface area contributed by atoms with E-state index in [2.05, 4.69) is 133 Å². The van der Waals surface area contributed by atoms with Gasteiger partial charge < -0.3 is 0 Å². The molecule has 196 valence electrons. The minimum Gasteiger partial charge on any atom is -0.0616 e. The Balaban J connectivity index is 1.16. The summed E-state index contributed by atoms with van der Waals surface area (Å²) in [6.45, 7) is 0. The number of hydrogen-bond acceptors (Lipinski definition) is 1. The molecule has 8 rings (SSSR count). The zero-order chi connectivity index (χ0) is 28.0. The fourth-order valence-corrected chi connectivity index (χ4v) is 7.46. The molecule has 0 amide bonds. The van der Waals surface area contributed by atoms with Crippen LogP contribution >= 0.6 is 7.80 Å². The third kappa shape index (κ3) is 4.10. The van der Waals surface area contributed by atoms with Gasteiger partial charge in [-0.25, -0.2) is 0 Å². The Labute approximate surface area is 245 Å². The van der Waals surface area contributed by atoms with Gasteiger partial charge >= 0.3 is 7.80 Å². The molecule has 0 aromatic heterocycles. The second kappa shape index (κ2) is 10.1. The van der Waals surface area contributed by atoms with Gasteiger partial charge in [0.1, 0.15) is 0 Å². The highest BCUT2D eigenvalue weighted by Crippen LogP contribution is 2.38. The van der Waals surface area contributed by atoms with Gasteiger partial charge in [0.25, 0.3) is 0 Å². The maximum atomic E-state index is 13.7. The molecule has 0 N–H and O–H groups in total. The molecular formula is C40H26OP+. The molecule has 0 unspecified atom stereocenters. The van der Waals surface area contributed by atoms with Gasteiger partial charge in [0.2, 0.25) is 0 Å². The summed E-state index contributed by atoms with van der Waals surface area (Å²) in [6.07, 6.45) is 0. The molecule has 0 aliphatic carbocycles. The van der Waals surface area contributed by atoms with E-state index >= 15 is 0 Å². The lowest BCUT2D eigenvalue weighted by atomic mass is 9.92. The molecular weight excluding hydrogens is 527 g/mol. The summed E-state index contributed by atoms with van der Waals surface area (Å²) < 4.78 is 13.7. The van der Waals surface area contributed by atoms with Crippen LogP contribution in [-0.2, 0) is 4.57 Å². The van der Waals surface area contributed by atoms with Gasteiger partial charge in [-0.05, 0) is 126 Å². The number of rotatable bonds is 4. The van der Waals surface area contributed by atoms with Crippen molar-refractivity contribution in [3.63, 3.8) is 0 Å². The molecule has 0 aliphatic heterocycles. The van der Waals surface area contributed by atoms with Gasteiger partial charge in [0, 0.05) is 0 Å². The van der Waals surface area contributed by atoms with Crippen molar-refractivity contribution >= 4 is 61.5 Å². The van der Waals surface area contributed by atoms with Crippen LogP contribution in [0.5, 0.6) is 0 Å². The highest BCUT2D eigenvalue weighted by Gasteiger charge is 2.24. The van der Waals surface area contributed by atoms with Crippen molar-refractivity contribution in [3.05, 3.63) is 158 Å². The van der Waals surface area contributed by atoms with Gasteiger partial charge in [-0.3, -0.25) is 0 Å². The Morgan fingerprint density at radius 3 is 0.929 bits per heavy atom. The van der Waals surface area contributed by atoms with Crippen molar-refractivity contribution in [2.24, 2.45) is 0 Å². The Morgan fingerprint density at radius 2 is 0.619 bits per heavy atom. The minimum atomic E-state index is -1.72. The van der Waals surface area contributed by atoms with Crippen molar-refractivity contribution in [1.29, 1.82) is 0 Å². The predicted molar refractivity (Wildman–Crippen MR) is 181 cm³/mol. The first-order chi connectivity index (χ1) is 20.7. The molecule has 0 radical (unpaired) electrons. The highest BCUT2D eigenvalue weighted by molar-refractivity contribution is 7.61. The van der Waals surface area contributed by atoms with Gasteiger partial charge in [0.05, 0.1) is 0 Å².